The molecule has 1 heterocycles. The van der Waals surface area contributed by atoms with Crippen LogP contribution in [0.3, 0.4) is 0 Å². The quantitative estimate of drug-likeness (QED) is 0.697. The van der Waals surface area contributed by atoms with E-state index in [0.717, 1.165) is 5.69 Å². The number of aliphatic imine (C=N–C) groups is 1. The third kappa shape index (κ3) is 2.76. The summed E-state index contributed by atoms with van der Waals surface area (Å²) in [5.74, 6) is -0.364. The summed E-state index contributed by atoms with van der Waals surface area (Å²) in [6, 6.07) is 11.6. The van der Waals surface area contributed by atoms with Crippen molar-refractivity contribution in [2.45, 2.75) is 0 Å². The van der Waals surface area contributed by atoms with Crippen molar-refractivity contribution in [3.8, 4) is 0 Å². The van der Waals surface area contributed by atoms with Crippen LogP contribution in [0.15, 0.2) is 47.5 Å². The minimum absolute atomic E-state index is 0.0732. The molecule has 1 aliphatic heterocycles. The summed E-state index contributed by atoms with van der Waals surface area (Å²) in [4.78, 5) is 28.8. The van der Waals surface area contributed by atoms with Crippen LogP contribution in [-0.2, 0) is 4.79 Å². The molecular weight excluding hydrogens is 296 g/mol. The van der Waals surface area contributed by atoms with Crippen LogP contribution in [0.1, 0.15) is 5.56 Å². The molecule has 0 spiro atoms. The van der Waals surface area contributed by atoms with E-state index in [-0.39, 0.29) is 17.3 Å². The summed E-state index contributed by atoms with van der Waals surface area (Å²) in [5, 5.41) is 13.6. The smallest absolute Gasteiger partial charge is 0.275 e. The van der Waals surface area contributed by atoms with Crippen molar-refractivity contribution in [2.75, 3.05) is 24.3 Å². The first-order valence-corrected chi connectivity index (χ1v) is 6.92. The lowest BCUT2D eigenvalue weighted by Crippen LogP contribution is -2.14. The molecule has 116 valence electrons. The van der Waals surface area contributed by atoms with Crippen LogP contribution in [0.5, 0.6) is 0 Å². The van der Waals surface area contributed by atoms with E-state index in [4.69, 9.17) is 0 Å². The summed E-state index contributed by atoms with van der Waals surface area (Å²) in [6.07, 6.45) is 0. The van der Waals surface area contributed by atoms with Gasteiger partial charge < -0.3 is 10.2 Å². The van der Waals surface area contributed by atoms with Gasteiger partial charge in [-0.05, 0) is 30.3 Å². The maximum Gasteiger partial charge on any atom is 0.275 e. The highest BCUT2D eigenvalue weighted by Crippen LogP contribution is 2.29. The van der Waals surface area contributed by atoms with Crippen molar-refractivity contribution in [3.63, 3.8) is 0 Å². The second kappa shape index (κ2) is 5.53. The van der Waals surface area contributed by atoms with Crippen LogP contribution >= 0.6 is 0 Å². The van der Waals surface area contributed by atoms with Crippen molar-refractivity contribution < 1.29 is 9.72 Å². The molecule has 0 atom stereocenters. The Hall–Kier alpha value is -3.22. The zero-order valence-electron chi connectivity index (χ0n) is 12.6. The summed E-state index contributed by atoms with van der Waals surface area (Å²) in [5.41, 5.74) is 2.71. The van der Waals surface area contributed by atoms with Crippen molar-refractivity contribution in [3.05, 3.63) is 58.1 Å². The number of hydrogen-bond acceptors (Lipinski definition) is 5. The summed E-state index contributed by atoms with van der Waals surface area (Å²) in [7, 11) is 3.86. The van der Waals surface area contributed by atoms with Gasteiger partial charge in [0.2, 0.25) is 0 Å². The summed E-state index contributed by atoms with van der Waals surface area (Å²) < 4.78 is 0. The van der Waals surface area contributed by atoms with Gasteiger partial charge in [0, 0.05) is 37.5 Å². The van der Waals surface area contributed by atoms with Gasteiger partial charge in [0.25, 0.3) is 11.6 Å². The molecule has 1 aliphatic rings. The number of amides is 1. The minimum Gasteiger partial charge on any atom is -0.378 e. The highest BCUT2D eigenvalue weighted by atomic mass is 16.6. The minimum atomic E-state index is -0.493. The third-order valence-electron chi connectivity index (χ3n) is 3.54. The molecule has 2 aromatic carbocycles. The number of nitrogens with zero attached hydrogens (tertiary/aromatic N) is 3. The van der Waals surface area contributed by atoms with Gasteiger partial charge in [0.15, 0.2) is 0 Å². The first-order chi connectivity index (χ1) is 11.0. The second-order valence-corrected chi connectivity index (χ2v) is 5.31. The number of non-ortho nitro benzene ring substituents is 1. The van der Waals surface area contributed by atoms with E-state index in [0.29, 0.717) is 16.9 Å². The number of nitro benzene ring substituents is 1. The van der Waals surface area contributed by atoms with Gasteiger partial charge in [0.05, 0.1) is 16.3 Å². The number of benzene rings is 2. The molecule has 3 rings (SSSR count). The molecule has 0 fully saturated rings. The Balaban J connectivity index is 2.02. The van der Waals surface area contributed by atoms with Crippen LogP contribution in [-0.4, -0.2) is 30.6 Å². The number of carbonyl (C=O) groups is 1. The highest BCUT2D eigenvalue weighted by molar-refractivity contribution is 6.54. The first kappa shape index (κ1) is 14.7. The SMILES string of the molecule is CN(C)c1ccc(N=C2C(=O)Nc3ccc([N+](=O)[O-])cc32)cc1. The molecule has 0 bridgehead atoms. The Morgan fingerprint density at radius 1 is 1.13 bits per heavy atom. The third-order valence-corrected chi connectivity index (χ3v) is 3.54. The lowest BCUT2D eigenvalue weighted by molar-refractivity contribution is -0.384. The lowest BCUT2D eigenvalue weighted by atomic mass is 10.1. The Kier molecular flexibility index (Phi) is 3.53. The van der Waals surface area contributed by atoms with Gasteiger partial charge in [0.1, 0.15) is 5.71 Å². The molecule has 0 aromatic heterocycles. The zero-order chi connectivity index (χ0) is 16.6. The van der Waals surface area contributed by atoms with Gasteiger partial charge >= 0.3 is 0 Å². The zero-order valence-corrected chi connectivity index (χ0v) is 12.6. The van der Waals surface area contributed by atoms with Crippen LogP contribution in [0.25, 0.3) is 0 Å². The van der Waals surface area contributed by atoms with E-state index < -0.39 is 4.92 Å². The van der Waals surface area contributed by atoms with Gasteiger partial charge in [-0.15, -0.1) is 0 Å². The molecule has 0 radical (unpaired) electrons. The van der Waals surface area contributed by atoms with Crippen LogP contribution in [0.4, 0.5) is 22.7 Å². The fourth-order valence-corrected chi connectivity index (χ4v) is 2.32. The number of fused-ring (bicyclic) bond motifs is 1. The predicted octanol–water partition coefficient (Wildman–Crippen LogP) is 2.73. The van der Waals surface area contributed by atoms with E-state index >= 15 is 0 Å². The number of anilines is 2. The van der Waals surface area contributed by atoms with Gasteiger partial charge in [-0.25, -0.2) is 4.99 Å². The molecule has 7 heteroatoms. The number of nitro groups is 1. The van der Waals surface area contributed by atoms with Crippen LogP contribution < -0.4 is 10.2 Å². The topological polar surface area (TPSA) is 87.8 Å². The second-order valence-electron chi connectivity index (χ2n) is 5.31. The summed E-state index contributed by atoms with van der Waals surface area (Å²) >= 11 is 0. The molecule has 1 N–H and O–H groups in total. The fraction of sp³-hybridized carbons (Fsp3) is 0.125. The molecule has 2 aromatic rings. The normalized spacial score (nSPS) is 14.5. The van der Waals surface area contributed by atoms with Crippen molar-refractivity contribution in [1.82, 2.24) is 0 Å². The lowest BCUT2D eigenvalue weighted by Gasteiger charge is -2.11. The van der Waals surface area contributed by atoms with E-state index in [2.05, 4.69) is 10.3 Å². The molecule has 1 amide bonds. The molecule has 0 saturated heterocycles. The van der Waals surface area contributed by atoms with E-state index in [1.54, 1.807) is 12.1 Å². The Morgan fingerprint density at radius 3 is 2.43 bits per heavy atom. The van der Waals surface area contributed by atoms with Gasteiger partial charge in [-0.3, -0.25) is 14.9 Å². The van der Waals surface area contributed by atoms with Crippen molar-refractivity contribution >= 4 is 34.4 Å². The number of nitrogens with one attached hydrogen (secondary N) is 1. The molecule has 0 aliphatic carbocycles. The monoisotopic (exact) mass is 310 g/mol. The largest absolute Gasteiger partial charge is 0.378 e. The highest BCUT2D eigenvalue weighted by Gasteiger charge is 2.28. The molecule has 0 saturated carbocycles. The average Bonchev–Trinajstić information content (AvgIpc) is 2.83. The van der Waals surface area contributed by atoms with Gasteiger partial charge in [-0.2, -0.15) is 0 Å². The number of carbonyl (C=O) groups excluding carboxylic acids is 1. The molecular formula is C16H14N4O3. The first-order valence-electron chi connectivity index (χ1n) is 6.92. The molecule has 0 unspecified atom stereocenters. The maximum atomic E-state index is 12.1. The Bertz CT molecular complexity index is 826. The van der Waals surface area contributed by atoms with Gasteiger partial charge in [-0.1, -0.05) is 0 Å². The standard InChI is InChI=1S/C16H14N4O3/c1-19(2)11-5-3-10(4-6-11)17-15-13-9-12(20(22)23)7-8-14(13)18-16(15)21/h3-9H,1-2H3,(H,17,18,21). The molecule has 23 heavy (non-hydrogen) atoms. The Morgan fingerprint density at radius 2 is 1.83 bits per heavy atom. The van der Waals surface area contributed by atoms with E-state index in [1.807, 2.05) is 31.1 Å². The number of hydrogen-bond donors (Lipinski definition) is 1. The fourth-order valence-electron chi connectivity index (χ4n) is 2.32. The van der Waals surface area contributed by atoms with Crippen LogP contribution in [0, 0.1) is 10.1 Å². The predicted molar refractivity (Wildman–Crippen MR) is 88.7 cm³/mol. The average molecular weight is 310 g/mol. The van der Waals surface area contributed by atoms with Crippen molar-refractivity contribution in [1.29, 1.82) is 0 Å². The molecule has 7 nitrogen and oxygen atoms in total. The van der Waals surface area contributed by atoms with Crippen LogP contribution in [0.2, 0.25) is 0 Å². The van der Waals surface area contributed by atoms with E-state index in [1.165, 1.54) is 18.2 Å². The maximum absolute atomic E-state index is 12.1. The van der Waals surface area contributed by atoms with Crippen molar-refractivity contribution in [2.24, 2.45) is 4.99 Å². The number of rotatable bonds is 3. The van der Waals surface area contributed by atoms with E-state index in [9.17, 15) is 14.9 Å². The Labute approximate surface area is 132 Å². The summed E-state index contributed by atoms with van der Waals surface area (Å²) in [6.45, 7) is 0.